The second kappa shape index (κ2) is 5.69. The molecule has 90 valence electrons. The highest BCUT2D eigenvalue weighted by Crippen LogP contribution is 2.22. The first-order chi connectivity index (χ1) is 8.20. The number of thioether (sulfide) groups is 1. The highest BCUT2D eigenvalue weighted by Gasteiger charge is 2.07. The zero-order valence-electron chi connectivity index (χ0n) is 9.85. The van der Waals surface area contributed by atoms with Crippen LogP contribution in [0.3, 0.4) is 0 Å². The fourth-order valence-electron chi connectivity index (χ4n) is 1.56. The van der Waals surface area contributed by atoms with Gasteiger partial charge in [0, 0.05) is 16.8 Å². The quantitative estimate of drug-likeness (QED) is 0.807. The predicted octanol–water partition coefficient (Wildman–Crippen LogP) is 3.66. The van der Waals surface area contributed by atoms with Crippen molar-refractivity contribution in [3.8, 4) is 0 Å². The smallest absolute Gasteiger partial charge is 0.191 e. The molecular weight excluding hydrogens is 298 g/mol. The largest absolute Gasteiger partial charge is 0.307 e. The summed E-state index contributed by atoms with van der Waals surface area (Å²) in [5.74, 6) is 1.90. The highest BCUT2D eigenvalue weighted by atomic mass is 79.9. The second-order valence-electron chi connectivity index (χ2n) is 3.69. The number of benzene rings is 1. The Morgan fingerprint density at radius 1 is 1.24 bits per heavy atom. The summed E-state index contributed by atoms with van der Waals surface area (Å²) in [5.41, 5.74) is 1.29. The van der Waals surface area contributed by atoms with E-state index in [9.17, 15) is 0 Å². The molecule has 0 bridgehead atoms. The van der Waals surface area contributed by atoms with Crippen molar-refractivity contribution < 1.29 is 0 Å². The van der Waals surface area contributed by atoms with Gasteiger partial charge in [-0.05, 0) is 31.5 Å². The van der Waals surface area contributed by atoms with Crippen molar-refractivity contribution in [2.45, 2.75) is 31.3 Å². The minimum Gasteiger partial charge on any atom is -0.307 e. The molecule has 0 radical (unpaired) electrons. The normalized spacial score (nSPS) is 10.8. The van der Waals surface area contributed by atoms with Gasteiger partial charge in [-0.3, -0.25) is 0 Å². The topological polar surface area (TPSA) is 30.7 Å². The van der Waals surface area contributed by atoms with Crippen LogP contribution < -0.4 is 0 Å². The summed E-state index contributed by atoms with van der Waals surface area (Å²) >= 11 is 5.16. The SMILES string of the molecule is CCn1c(C)nnc1SCc1ccc(Br)cc1. The summed E-state index contributed by atoms with van der Waals surface area (Å²) in [6.07, 6.45) is 0. The lowest BCUT2D eigenvalue weighted by atomic mass is 10.2. The molecule has 0 aliphatic heterocycles. The molecule has 0 N–H and O–H groups in total. The lowest BCUT2D eigenvalue weighted by molar-refractivity contribution is 0.662. The van der Waals surface area contributed by atoms with Gasteiger partial charge in [-0.1, -0.05) is 39.8 Å². The molecule has 0 aliphatic carbocycles. The van der Waals surface area contributed by atoms with E-state index >= 15 is 0 Å². The Labute approximate surface area is 114 Å². The summed E-state index contributed by atoms with van der Waals surface area (Å²) in [6, 6.07) is 8.37. The van der Waals surface area contributed by atoms with E-state index in [1.54, 1.807) is 11.8 Å². The number of rotatable bonds is 4. The average molecular weight is 312 g/mol. The molecule has 1 aromatic carbocycles. The maximum atomic E-state index is 4.19. The highest BCUT2D eigenvalue weighted by molar-refractivity contribution is 9.10. The fourth-order valence-corrected chi connectivity index (χ4v) is 2.83. The molecule has 3 nitrogen and oxygen atoms in total. The van der Waals surface area contributed by atoms with Crippen molar-refractivity contribution in [1.29, 1.82) is 0 Å². The average Bonchev–Trinajstić information content (AvgIpc) is 2.69. The summed E-state index contributed by atoms with van der Waals surface area (Å²) in [7, 11) is 0. The third-order valence-electron chi connectivity index (χ3n) is 2.50. The molecule has 0 saturated carbocycles. The van der Waals surface area contributed by atoms with Gasteiger partial charge in [0.15, 0.2) is 5.16 Å². The third kappa shape index (κ3) is 3.10. The molecule has 1 heterocycles. The lowest BCUT2D eigenvalue weighted by Crippen LogP contribution is -1.99. The van der Waals surface area contributed by atoms with Crippen LogP contribution in [0.15, 0.2) is 33.9 Å². The summed E-state index contributed by atoms with van der Waals surface area (Å²) < 4.78 is 3.24. The van der Waals surface area contributed by atoms with Crippen molar-refractivity contribution in [2.24, 2.45) is 0 Å². The zero-order chi connectivity index (χ0) is 12.3. The van der Waals surface area contributed by atoms with Crippen LogP contribution in [0.1, 0.15) is 18.3 Å². The molecule has 17 heavy (non-hydrogen) atoms. The maximum Gasteiger partial charge on any atom is 0.191 e. The molecule has 0 atom stereocenters. The number of aryl methyl sites for hydroxylation is 1. The Morgan fingerprint density at radius 3 is 2.59 bits per heavy atom. The van der Waals surface area contributed by atoms with Crippen LogP contribution in [0.2, 0.25) is 0 Å². The minimum absolute atomic E-state index is 0.918. The van der Waals surface area contributed by atoms with Crippen LogP contribution in [0, 0.1) is 6.92 Å². The van der Waals surface area contributed by atoms with Crippen LogP contribution in [-0.2, 0) is 12.3 Å². The Kier molecular flexibility index (Phi) is 4.23. The van der Waals surface area contributed by atoms with E-state index in [2.05, 4.69) is 61.9 Å². The van der Waals surface area contributed by atoms with E-state index in [0.29, 0.717) is 0 Å². The van der Waals surface area contributed by atoms with Gasteiger partial charge < -0.3 is 4.57 Å². The van der Waals surface area contributed by atoms with E-state index < -0.39 is 0 Å². The van der Waals surface area contributed by atoms with Gasteiger partial charge in [0.1, 0.15) is 5.82 Å². The molecule has 2 rings (SSSR count). The van der Waals surface area contributed by atoms with Crippen molar-refractivity contribution in [3.05, 3.63) is 40.1 Å². The van der Waals surface area contributed by atoms with Crippen molar-refractivity contribution in [3.63, 3.8) is 0 Å². The number of nitrogens with zero attached hydrogens (tertiary/aromatic N) is 3. The van der Waals surface area contributed by atoms with E-state index in [1.165, 1.54) is 5.56 Å². The van der Waals surface area contributed by atoms with Gasteiger partial charge in [-0.2, -0.15) is 0 Å². The third-order valence-corrected chi connectivity index (χ3v) is 4.07. The molecule has 5 heteroatoms. The van der Waals surface area contributed by atoms with E-state index in [1.807, 2.05) is 6.92 Å². The van der Waals surface area contributed by atoms with E-state index in [-0.39, 0.29) is 0 Å². The number of aromatic nitrogens is 3. The first-order valence-corrected chi connectivity index (χ1v) is 7.25. The van der Waals surface area contributed by atoms with Gasteiger partial charge in [0.05, 0.1) is 0 Å². The number of halogens is 1. The summed E-state index contributed by atoms with van der Waals surface area (Å²) in [5, 5.41) is 9.28. The molecule has 0 unspecified atom stereocenters. The summed E-state index contributed by atoms with van der Waals surface area (Å²) in [4.78, 5) is 0. The van der Waals surface area contributed by atoms with Gasteiger partial charge >= 0.3 is 0 Å². The minimum atomic E-state index is 0.918. The maximum absolute atomic E-state index is 4.19. The molecule has 0 aliphatic rings. The monoisotopic (exact) mass is 311 g/mol. The Bertz CT molecular complexity index is 493. The molecule has 0 fully saturated rings. The van der Waals surface area contributed by atoms with Gasteiger partial charge in [-0.15, -0.1) is 10.2 Å². The van der Waals surface area contributed by atoms with Crippen molar-refractivity contribution >= 4 is 27.7 Å². The molecule has 0 amide bonds. The Balaban J connectivity index is 2.04. The molecule has 0 saturated heterocycles. The van der Waals surface area contributed by atoms with E-state index in [0.717, 1.165) is 27.8 Å². The lowest BCUT2D eigenvalue weighted by Gasteiger charge is -2.04. The Hall–Kier alpha value is -0.810. The second-order valence-corrected chi connectivity index (χ2v) is 5.55. The predicted molar refractivity (Wildman–Crippen MR) is 74.1 cm³/mol. The fraction of sp³-hybridized carbons (Fsp3) is 0.333. The van der Waals surface area contributed by atoms with Crippen LogP contribution in [-0.4, -0.2) is 14.8 Å². The molecular formula is C12H14BrN3S. The van der Waals surface area contributed by atoms with Gasteiger partial charge in [-0.25, -0.2) is 0 Å². The Morgan fingerprint density at radius 2 is 1.94 bits per heavy atom. The first-order valence-electron chi connectivity index (χ1n) is 5.47. The van der Waals surface area contributed by atoms with Gasteiger partial charge in [0.2, 0.25) is 0 Å². The van der Waals surface area contributed by atoms with Crippen LogP contribution in [0.5, 0.6) is 0 Å². The number of hydrogen-bond donors (Lipinski definition) is 0. The van der Waals surface area contributed by atoms with Crippen molar-refractivity contribution in [2.75, 3.05) is 0 Å². The molecule has 2 aromatic rings. The van der Waals surface area contributed by atoms with Crippen LogP contribution in [0.25, 0.3) is 0 Å². The van der Waals surface area contributed by atoms with Crippen LogP contribution in [0.4, 0.5) is 0 Å². The standard InChI is InChI=1S/C12H14BrN3S/c1-3-16-9(2)14-15-12(16)17-8-10-4-6-11(13)7-5-10/h4-7H,3,8H2,1-2H3. The van der Waals surface area contributed by atoms with Gasteiger partial charge in [0.25, 0.3) is 0 Å². The zero-order valence-corrected chi connectivity index (χ0v) is 12.3. The first kappa shape index (κ1) is 12.6. The van der Waals surface area contributed by atoms with Crippen LogP contribution >= 0.6 is 27.7 Å². The number of hydrogen-bond acceptors (Lipinski definition) is 3. The molecule has 0 spiro atoms. The molecule has 1 aromatic heterocycles. The van der Waals surface area contributed by atoms with Crippen molar-refractivity contribution in [1.82, 2.24) is 14.8 Å². The van der Waals surface area contributed by atoms with E-state index in [4.69, 9.17) is 0 Å². The summed E-state index contributed by atoms with van der Waals surface area (Å²) in [6.45, 7) is 5.02.